The fourth-order valence-electron chi connectivity index (χ4n) is 1.75. The first-order chi connectivity index (χ1) is 9.97. The summed E-state index contributed by atoms with van der Waals surface area (Å²) in [7, 11) is 0. The first-order valence-electron chi connectivity index (χ1n) is 6.21. The summed E-state index contributed by atoms with van der Waals surface area (Å²) >= 11 is 0. The Balaban J connectivity index is 2.01. The minimum Gasteiger partial charge on any atom is -0.374 e. The molecule has 2 N–H and O–H groups in total. The van der Waals surface area contributed by atoms with Gasteiger partial charge in [0.2, 0.25) is 5.91 Å². The van der Waals surface area contributed by atoms with E-state index < -0.39 is 29.0 Å². The number of hydrogen-bond donors (Lipinski definition) is 2. The molecule has 0 spiro atoms. The van der Waals surface area contributed by atoms with E-state index in [0.29, 0.717) is 0 Å². The Kier molecular flexibility index (Phi) is 4.47. The number of carbonyl (C=O) groups excluding carboxylic acids is 1. The molecule has 0 aromatic heterocycles. The van der Waals surface area contributed by atoms with Gasteiger partial charge in [-0.2, -0.15) is 0 Å². The zero-order chi connectivity index (χ0) is 15.4. The first-order valence-corrected chi connectivity index (χ1v) is 6.21. The van der Waals surface area contributed by atoms with E-state index in [1.165, 1.54) is 18.2 Å². The first kappa shape index (κ1) is 14.9. The van der Waals surface area contributed by atoms with Crippen molar-refractivity contribution >= 4 is 17.3 Å². The number of para-hydroxylation sites is 1. The molecule has 2 aromatic rings. The number of carbonyl (C=O) groups is 1. The van der Waals surface area contributed by atoms with E-state index >= 15 is 0 Å². The molecule has 2 aromatic carbocycles. The largest absolute Gasteiger partial charge is 0.374 e. The average molecular weight is 294 g/mol. The van der Waals surface area contributed by atoms with Gasteiger partial charge in [-0.25, -0.2) is 13.2 Å². The van der Waals surface area contributed by atoms with Crippen molar-refractivity contribution in [3.8, 4) is 0 Å². The van der Waals surface area contributed by atoms with Crippen molar-refractivity contribution in [3.63, 3.8) is 0 Å². The molecule has 0 heterocycles. The molecule has 0 saturated carbocycles. The minimum absolute atomic E-state index is 0.152. The number of halogens is 3. The van der Waals surface area contributed by atoms with Gasteiger partial charge >= 0.3 is 0 Å². The highest BCUT2D eigenvalue weighted by Crippen LogP contribution is 2.18. The molecule has 0 fully saturated rings. The Hall–Kier alpha value is -2.50. The molecule has 0 bridgehead atoms. The van der Waals surface area contributed by atoms with Gasteiger partial charge in [-0.3, -0.25) is 4.79 Å². The van der Waals surface area contributed by atoms with Crippen LogP contribution in [0.3, 0.4) is 0 Å². The lowest BCUT2D eigenvalue weighted by molar-refractivity contribution is -0.114. The molecule has 0 unspecified atom stereocenters. The molecular formula is C15H13F3N2O. The third-order valence-electron chi connectivity index (χ3n) is 2.79. The Bertz CT molecular complexity index is 654. The zero-order valence-corrected chi connectivity index (χ0v) is 11.2. The number of anilines is 2. The average Bonchev–Trinajstić information content (AvgIpc) is 2.44. The molecule has 110 valence electrons. The van der Waals surface area contributed by atoms with E-state index in [1.807, 2.05) is 0 Å². The van der Waals surface area contributed by atoms with Crippen LogP contribution in [0.15, 0.2) is 36.4 Å². The summed E-state index contributed by atoms with van der Waals surface area (Å²) < 4.78 is 40.2. The molecule has 3 nitrogen and oxygen atoms in total. The van der Waals surface area contributed by atoms with E-state index in [9.17, 15) is 18.0 Å². The number of hydrogen-bond acceptors (Lipinski definition) is 2. The van der Waals surface area contributed by atoms with Crippen LogP contribution < -0.4 is 10.6 Å². The van der Waals surface area contributed by atoms with E-state index in [4.69, 9.17) is 0 Å². The molecule has 0 saturated heterocycles. The van der Waals surface area contributed by atoms with Crippen molar-refractivity contribution in [2.75, 3.05) is 17.2 Å². The highest BCUT2D eigenvalue weighted by molar-refractivity contribution is 5.94. The molecule has 0 atom stereocenters. The highest BCUT2D eigenvalue weighted by atomic mass is 19.1. The van der Waals surface area contributed by atoms with Crippen LogP contribution in [-0.2, 0) is 4.79 Å². The number of aryl methyl sites for hydroxylation is 1. The number of amides is 1. The predicted molar refractivity (Wildman–Crippen MR) is 74.6 cm³/mol. The van der Waals surface area contributed by atoms with Crippen molar-refractivity contribution < 1.29 is 18.0 Å². The third-order valence-corrected chi connectivity index (χ3v) is 2.79. The van der Waals surface area contributed by atoms with Crippen LogP contribution in [-0.4, -0.2) is 12.5 Å². The molecule has 6 heteroatoms. The Morgan fingerprint density at radius 2 is 1.71 bits per heavy atom. The summed E-state index contributed by atoms with van der Waals surface area (Å²) in [6.45, 7) is 1.47. The molecule has 0 aliphatic rings. The molecule has 0 aliphatic carbocycles. The van der Waals surface area contributed by atoms with Crippen LogP contribution in [0.25, 0.3) is 0 Å². The summed E-state index contributed by atoms with van der Waals surface area (Å²) in [5.41, 5.74) is 0.452. The quantitative estimate of drug-likeness (QED) is 0.906. The molecule has 0 aliphatic heterocycles. The molecule has 0 radical (unpaired) electrons. The van der Waals surface area contributed by atoms with Gasteiger partial charge in [0.15, 0.2) is 0 Å². The van der Waals surface area contributed by atoms with Gasteiger partial charge < -0.3 is 10.6 Å². The number of nitrogens with one attached hydrogen (secondary N) is 2. The van der Waals surface area contributed by atoms with Crippen molar-refractivity contribution in [2.45, 2.75) is 6.92 Å². The maximum absolute atomic E-state index is 13.5. The Morgan fingerprint density at radius 3 is 2.38 bits per heavy atom. The normalized spacial score (nSPS) is 10.3. The van der Waals surface area contributed by atoms with Gasteiger partial charge in [0, 0.05) is 0 Å². The van der Waals surface area contributed by atoms with Gasteiger partial charge in [0.1, 0.15) is 23.1 Å². The molecule has 1 amide bonds. The lowest BCUT2D eigenvalue weighted by atomic mass is 10.2. The summed E-state index contributed by atoms with van der Waals surface area (Å²) in [6.07, 6.45) is 0. The van der Waals surface area contributed by atoms with Crippen molar-refractivity contribution in [3.05, 3.63) is 59.4 Å². The third kappa shape index (κ3) is 3.75. The van der Waals surface area contributed by atoms with Crippen LogP contribution in [0.5, 0.6) is 0 Å². The number of benzene rings is 2. The SMILES string of the molecule is Cc1ccc(F)c(NCC(=O)Nc2c(F)cccc2F)c1. The van der Waals surface area contributed by atoms with Gasteiger partial charge in [-0.15, -0.1) is 0 Å². The summed E-state index contributed by atoms with van der Waals surface area (Å²) in [5, 5.41) is 4.69. The van der Waals surface area contributed by atoms with Gasteiger partial charge in [0.25, 0.3) is 0 Å². The molecular weight excluding hydrogens is 281 g/mol. The van der Waals surface area contributed by atoms with E-state index in [1.54, 1.807) is 13.0 Å². The lowest BCUT2D eigenvalue weighted by Crippen LogP contribution is -2.23. The van der Waals surface area contributed by atoms with Gasteiger partial charge in [-0.1, -0.05) is 12.1 Å². The van der Waals surface area contributed by atoms with Crippen molar-refractivity contribution in [2.24, 2.45) is 0 Å². The van der Waals surface area contributed by atoms with E-state index in [0.717, 1.165) is 17.7 Å². The fraction of sp³-hybridized carbons (Fsp3) is 0.133. The second kappa shape index (κ2) is 6.30. The van der Waals surface area contributed by atoms with Gasteiger partial charge in [-0.05, 0) is 36.8 Å². The predicted octanol–water partition coefficient (Wildman–Crippen LogP) is 3.46. The van der Waals surface area contributed by atoms with Gasteiger partial charge in [0.05, 0.1) is 12.2 Å². The fourth-order valence-corrected chi connectivity index (χ4v) is 1.75. The van der Waals surface area contributed by atoms with Crippen LogP contribution in [0.2, 0.25) is 0 Å². The maximum Gasteiger partial charge on any atom is 0.243 e. The molecule has 2 rings (SSSR count). The second-order valence-electron chi connectivity index (χ2n) is 4.48. The Labute approximate surface area is 119 Å². The zero-order valence-electron chi connectivity index (χ0n) is 11.2. The second-order valence-corrected chi connectivity index (χ2v) is 4.48. The monoisotopic (exact) mass is 294 g/mol. The van der Waals surface area contributed by atoms with Crippen LogP contribution in [0.1, 0.15) is 5.56 Å². The van der Waals surface area contributed by atoms with Crippen LogP contribution in [0, 0.1) is 24.4 Å². The molecule has 21 heavy (non-hydrogen) atoms. The summed E-state index contributed by atoms with van der Waals surface area (Å²) in [5.74, 6) is -2.93. The lowest BCUT2D eigenvalue weighted by Gasteiger charge is -2.10. The van der Waals surface area contributed by atoms with Crippen LogP contribution >= 0.6 is 0 Å². The summed E-state index contributed by atoms with van der Waals surface area (Å²) in [6, 6.07) is 7.66. The minimum atomic E-state index is -0.870. The number of rotatable bonds is 4. The Morgan fingerprint density at radius 1 is 1.05 bits per heavy atom. The van der Waals surface area contributed by atoms with Crippen LogP contribution in [0.4, 0.5) is 24.5 Å². The highest BCUT2D eigenvalue weighted by Gasteiger charge is 2.12. The standard InChI is InChI=1S/C15H13F3N2O/c1-9-5-6-10(16)13(7-9)19-8-14(21)20-15-11(17)3-2-4-12(15)18/h2-7,19H,8H2,1H3,(H,20,21). The van der Waals surface area contributed by atoms with E-state index in [2.05, 4.69) is 10.6 Å². The van der Waals surface area contributed by atoms with Crippen molar-refractivity contribution in [1.29, 1.82) is 0 Å². The van der Waals surface area contributed by atoms with Crippen molar-refractivity contribution in [1.82, 2.24) is 0 Å². The summed E-state index contributed by atoms with van der Waals surface area (Å²) in [4.78, 5) is 11.7. The smallest absolute Gasteiger partial charge is 0.243 e. The topological polar surface area (TPSA) is 41.1 Å². The van der Waals surface area contributed by atoms with E-state index in [-0.39, 0.29) is 12.2 Å². The maximum atomic E-state index is 13.5.